The van der Waals surface area contributed by atoms with Crippen molar-refractivity contribution in [1.29, 1.82) is 0 Å². The fourth-order valence-electron chi connectivity index (χ4n) is 2.58. The maximum Gasteiger partial charge on any atom is 0.303 e. The van der Waals surface area contributed by atoms with E-state index in [4.69, 9.17) is 9.84 Å². The molecule has 130 valence electrons. The number of thiophene rings is 1. The summed E-state index contributed by atoms with van der Waals surface area (Å²) in [7, 11) is 1.61. The molecule has 0 aliphatic rings. The Hall–Kier alpha value is -2.51. The van der Waals surface area contributed by atoms with Gasteiger partial charge >= 0.3 is 5.97 Å². The van der Waals surface area contributed by atoms with Crippen molar-refractivity contribution < 1.29 is 14.6 Å². The Bertz CT molecular complexity index is 865. The van der Waals surface area contributed by atoms with Crippen LogP contribution in [0.4, 0.5) is 5.82 Å². The van der Waals surface area contributed by atoms with Crippen LogP contribution in [0.5, 0.6) is 0 Å². The zero-order valence-corrected chi connectivity index (χ0v) is 14.7. The average molecular weight is 357 g/mol. The van der Waals surface area contributed by atoms with Crippen LogP contribution in [0.2, 0.25) is 0 Å². The van der Waals surface area contributed by atoms with Crippen LogP contribution in [-0.4, -0.2) is 34.7 Å². The number of aromatic nitrogens is 2. The smallest absolute Gasteiger partial charge is 0.303 e. The molecular formula is C18H19N3O3S. The molecule has 3 rings (SSSR count). The van der Waals surface area contributed by atoms with Crippen molar-refractivity contribution in [3.05, 3.63) is 41.5 Å². The molecule has 25 heavy (non-hydrogen) atoms. The maximum atomic E-state index is 10.7. The molecule has 0 spiro atoms. The van der Waals surface area contributed by atoms with Crippen LogP contribution in [0.25, 0.3) is 21.3 Å². The summed E-state index contributed by atoms with van der Waals surface area (Å²) in [5.74, 6) is 0.537. The average Bonchev–Trinajstić information content (AvgIpc) is 3.03. The van der Waals surface area contributed by atoms with E-state index in [2.05, 4.69) is 32.8 Å². The van der Waals surface area contributed by atoms with Gasteiger partial charge in [-0.3, -0.25) is 4.79 Å². The highest BCUT2D eigenvalue weighted by Gasteiger charge is 2.15. The van der Waals surface area contributed by atoms with Gasteiger partial charge in [0.15, 0.2) is 5.82 Å². The topological polar surface area (TPSA) is 84.3 Å². The molecule has 0 aliphatic carbocycles. The Balaban J connectivity index is 1.98. The van der Waals surface area contributed by atoms with E-state index < -0.39 is 5.97 Å². The molecule has 7 heteroatoms. The minimum atomic E-state index is -0.796. The van der Waals surface area contributed by atoms with Crippen LogP contribution in [0.3, 0.4) is 0 Å². The largest absolute Gasteiger partial charge is 0.481 e. The van der Waals surface area contributed by atoms with E-state index in [1.165, 1.54) is 0 Å². The number of nitrogens with one attached hydrogen (secondary N) is 1. The van der Waals surface area contributed by atoms with Crippen molar-refractivity contribution in [1.82, 2.24) is 9.97 Å². The first-order chi connectivity index (χ1) is 12.2. The molecule has 0 fully saturated rings. The monoisotopic (exact) mass is 357 g/mol. The van der Waals surface area contributed by atoms with Gasteiger partial charge in [0.1, 0.15) is 17.3 Å². The Kier molecular flexibility index (Phi) is 5.57. The minimum Gasteiger partial charge on any atom is -0.481 e. The predicted octanol–water partition coefficient (Wildman–Crippen LogP) is 3.78. The summed E-state index contributed by atoms with van der Waals surface area (Å²) in [6, 6.07) is 10.1. The zero-order valence-electron chi connectivity index (χ0n) is 13.9. The molecule has 3 aromatic rings. The number of methoxy groups -OCH3 is 1. The van der Waals surface area contributed by atoms with E-state index in [1.807, 2.05) is 18.2 Å². The quantitative estimate of drug-likeness (QED) is 0.597. The SMILES string of the molecule is COCc1nc(NCCCC(=O)O)c2c(-c3ccccc3)csc2n1. The lowest BCUT2D eigenvalue weighted by molar-refractivity contribution is -0.137. The number of hydrogen-bond acceptors (Lipinski definition) is 6. The van der Waals surface area contributed by atoms with E-state index >= 15 is 0 Å². The van der Waals surface area contributed by atoms with Crippen LogP contribution in [-0.2, 0) is 16.1 Å². The normalized spacial score (nSPS) is 10.9. The summed E-state index contributed by atoms with van der Waals surface area (Å²) in [5, 5.41) is 15.1. The first-order valence-corrected chi connectivity index (χ1v) is 8.85. The van der Waals surface area contributed by atoms with Gasteiger partial charge in [-0.1, -0.05) is 30.3 Å². The molecule has 0 unspecified atom stereocenters. The summed E-state index contributed by atoms with van der Waals surface area (Å²) in [5.41, 5.74) is 2.18. The number of carboxylic acid groups (broad SMARTS) is 1. The molecule has 0 saturated carbocycles. The summed E-state index contributed by atoms with van der Waals surface area (Å²) >= 11 is 1.57. The van der Waals surface area contributed by atoms with Crippen LogP contribution in [0, 0.1) is 0 Å². The molecule has 6 nitrogen and oxygen atoms in total. The van der Waals surface area contributed by atoms with Crippen LogP contribution < -0.4 is 5.32 Å². The van der Waals surface area contributed by atoms with Gasteiger partial charge in [0.2, 0.25) is 0 Å². The molecular weight excluding hydrogens is 338 g/mol. The van der Waals surface area contributed by atoms with Crippen LogP contribution in [0.15, 0.2) is 35.7 Å². The van der Waals surface area contributed by atoms with Crippen molar-refractivity contribution in [3.63, 3.8) is 0 Å². The fraction of sp³-hybridized carbons (Fsp3) is 0.278. The van der Waals surface area contributed by atoms with Crippen molar-refractivity contribution in [2.45, 2.75) is 19.4 Å². The highest BCUT2D eigenvalue weighted by molar-refractivity contribution is 7.17. The zero-order chi connectivity index (χ0) is 17.6. The number of hydrogen-bond donors (Lipinski definition) is 2. The van der Waals surface area contributed by atoms with Gasteiger partial charge in [-0.25, -0.2) is 9.97 Å². The van der Waals surface area contributed by atoms with Gasteiger partial charge in [0, 0.05) is 31.0 Å². The summed E-state index contributed by atoms with van der Waals surface area (Å²) in [6.45, 7) is 0.868. The summed E-state index contributed by atoms with van der Waals surface area (Å²) in [6.07, 6.45) is 0.659. The lowest BCUT2D eigenvalue weighted by Gasteiger charge is -2.10. The van der Waals surface area contributed by atoms with Crippen molar-refractivity contribution >= 4 is 33.3 Å². The van der Waals surface area contributed by atoms with Crippen LogP contribution in [0.1, 0.15) is 18.7 Å². The molecule has 0 saturated heterocycles. The molecule has 0 aliphatic heterocycles. The van der Waals surface area contributed by atoms with Crippen LogP contribution >= 0.6 is 11.3 Å². The third-order valence-corrected chi connectivity index (χ3v) is 4.57. The highest BCUT2D eigenvalue weighted by Crippen LogP contribution is 2.36. The molecule has 2 heterocycles. The fourth-order valence-corrected chi connectivity index (χ4v) is 3.55. The van der Waals surface area contributed by atoms with Gasteiger partial charge in [-0.2, -0.15) is 0 Å². The maximum absolute atomic E-state index is 10.7. The standard InChI is InChI=1S/C18H19N3O3S/c1-24-10-14-20-17(19-9-5-8-15(22)23)16-13(11-25-18(16)21-14)12-6-3-2-4-7-12/h2-4,6-7,11H,5,8-10H2,1H3,(H,22,23)(H,19,20,21). The highest BCUT2D eigenvalue weighted by atomic mass is 32.1. The second kappa shape index (κ2) is 8.04. The number of fused-ring (bicyclic) bond motifs is 1. The Morgan fingerprint density at radius 1 is 1.28 bits per heavy atom. The second-order valence-corrected chi connectivity index (χ2v) is 6.40. The van der Waals surface area contributed by atoms with Crippen molar-refractivity contribution in [2.75, 3.05) is 19.0 Å². The van der Waals surface area contributed by atoms with Gasteiger partial charge in [0.25, 0.3) is 0 Å². The molecule has 1 aromatic carbocycles. The number of aliphatic carboxylic acids is 1. The second-order valence-electron chi connectivity index (χ2n) is 5.54. The van der Waals surface area contributed by atoms with E-state index in [0.717, 1.165) is 27.2 Å². The van der Waals surface area contributed by atoms with Gasteiger partial charge in [0.05, 0.1) is 5.39 Å². The number of ether oxygens (including phenoxy) is 1. The first kappa shape index (κ1) is 17.3. The number of carboxylic acids is 1. The molecule has 0 bridgehead atoms. The van der Waals surface area contributed by atoms with Gasteiger partial charge in [-0.05, 0) is 12.0 Å². The van der Waals surface area contributed by atoms with Gasteiger partial charge in [-0.15, -0.1) is 11.3 Å². The number of benzene rings is 1. The van der Waals surface area contributed by atoms with E-state index in [9.17, 15) is 4.79 Å². The number of carbonyl (C=O) groups is 1. The molecule has 0 atom stereocenters. The number of nitrogens with zero attached hydrogens (tertiary/aromatic N) is 2. The summed E-state index contributed by atoms with van der Waals surface area (Å²) in [4.78, 5) is 20.7. The minimum absolute atomic E-state index is 0.126. The lowest BCUT2D eigenvalue weighted by Crippen LogP contribution is -2.08. The van der Waals surface area contributed by atoms with Gasteiger partial charge < -0.3 is 15.2 Å². The van der Waals surface area contributed by atoms with Crippen molar-refractivity contribution in [3.8, 4) is 11.1 Å². The Labute approximate surface area is 149 Å². The van der Waals surface area contributed by atoms with E-state index in [-0.39, 0.29) is 6.42 Å². The number of rotatable bonds is 8. The Morgan fingerprint density at radius 3 is 2.80 bits per heavy atom. The molecule has 2 N–H and O–H groups in total. The lowest BCUT2D eigenvalue weighted by atomic mass is 10.1. The first-order valence-electron chi connectivity index (χ1n) is 7.97. The molecule has 0 amide bonds. The van der Waals surface area contributed by atoms with E-state index in [1.54, 1.807) is 18.4 Å². The van der Waals surface area contributed by atoms with E-state index in [0.29, 0.717) is 25.4 Å². The third-order valence-electron chi connectivity index (χ3n) is 3.70. The number of anilines is 1. The molecule has 2 aromatic heterocycles. The predicted molar refractivity (Wildman–Crippen MR) is 98.9 cm³/mol. The third kappa shape index (κ3) is 4.12. The Morgan fingerprint density at radius 2 is 2.08 bits per heavy atom. The van der Waals surface area contributed by atoms with Crippen molar-refractivity contribution in [2.24, 2.45) is 0 Å². The summed E-state index contributed by atoms with van der Waals surface area (Å²) < 4.78 is 5.15. The molecule has 0 radical (unpaired) electrons.